The monoisotopic (exact) mass is 331 g/mol. The highest BCUT2D eigenvalue weighted by Gasteiger charge is 2.26. The number of aryl methyl sites for hydroxylation is 1. The first-order chi connectivity index (χ1) is 11.2. The molecule has 1 amide bonds. The minimum atomic E-state index is -0.606. The molecule has 1 atom stereocenters. The van der Waals surface area contributed by atoms with Gasteiger partial charge in [0.1, 0.15) is 6.61 Å². The fourth-order valence-electron chi connectivity index (χ4n) is 2.45. The molecule has 0 aliphatic carbocycles. The number of carbonyl (C=O) groups is 1. The van der Waals surface area contributed by atoms with Crippen LogP contribution in [0.5, 0.6) is 11.5 Å². The van der Waals surface area contributed by atoms with Crippen LogP contribution in [-0.2, 0) is 11.2 Å². The summed E-state index contributed by atoms with van der Waals surface area (Å²) in [5.74, 6) is 1.13. The third-order valence-electron chi connectivity index (χ3n) is 3.68. The number of ether oxygens (including phenoxy) is 2. The number of amides is 1. The number of nitrogens with one attached hydrogen (secondary N) is 1. The van der Waals surface area contributed by atoms with Crippen molar-refractivity contribution in [3.8, 4) is 11.5 Å². The highest BCUT2D eigenvalue weighted by molar-refractivity contribution is 6.31. The first-order valence-corrected chi connectivity index (χ1v) is 8.01. The third-order valence-corrected chi connectivity index (χ3v) is 4.05. The van der Waals surface area contributed by atoms with E-state index >= 15 is 0 Å². The molecule has 0 radical (unpaired) electrons. The van der Waals surface area contributed by atoms with Crippen LogP contribution in [0.15, 0.2) is 48.5 Å². The van der Waals surface area contributed by atoms with Gasteiger partial charge in [-0.15, -0.1) is 0 Å². The summed E-state index contributed by atoms with van der Waals surface area (Å²) < 4.78 is 11.2. The lowest BCUT2D eigenvalue weighted by Gasteiger charge is -2.25. The van der Waals surface area contributed by atoms with E-state index < -0.39 is 6.10 Å². The Morgan fingerprint density at radius 3 is 2.70 bits per heavy atom. The summed E-state index contributed by atoms with van der Waals surface area (Å²) >= 11 is 6.11. The smallest absolute Gasteiger partial charge is 0.264 e. The summed E-state index contributed by atoms with van der Waals surface area (Å²) in [6, 6.07) is 15.1. The van der Waals surface area contributed by atoms with Gasteiger partial charge in [-0.1, -0.05) is 41.9 Å². The predicted octanol–water partition coefficient (Wildman–Crippen LogP) is 3.23. The number of hydrogen-bond donors (Lipinski definition) is 1. The van der Waals surface area contributed by atoms with Crippen molar-refractivity contribution < 1.29 is 14.3 Å². The Hall–Kier alpha value is -2.20. The van der Waals surface area contributed by atoms with Crippen LogP contribution in [0.1, 0.15) is 12.0 Å². The Bertz CT molecular complexity index is 689. The summed E-state index contributed by atoms with van der Waals surface area (Å²) in [6.45, 7) is 0.804. The molecule has 2 aromatic carbocycles. The van der Waals surface area contributed by atoms with Crippen molar-refractivity contribution in [3.63, 3.8) is 0 Å². The number of benzene rings is 2. The Morgan fingerprint density at radius 2 is 1.87 bits per heavy atom. The SMILES string of the molecule is O=C(NCCCc1ccccc1Cl)[C@H]1COc2ccccc2O1. The Labute approximate surface area is 140 Å². The second kappa shape index (κ2) is 7.38. The number of rotatable bonds is 5. The highest BCUT2D eigenvalue weighted by Crippen LogP contribution is 2.30. The molecule has 0 saturated carbocycles. The van der Waals surface area contributed by atoms with Gasteiger partial charge < -0.3 is 14.8 Å². The zero-order chi connectivity index (χ0) is 16.1. The van der Waals surface area contributed by atoms with E-state index in [1.165, 1.54) is 0 Å². The van der Waals surface area contributed by atoms with E-state index in [9.17, 15) is 4.79 Å². The summed E-state index contributed by atoms with van der Waals surface area (Å²) in [4.78, 5) is 12.1. The van der Waals surface area contributed by atoms with E-state index in [0.717, 1.165) is 23.4 Å². The Kier molecular flexibility index (Phi) is 5.03. The van der Waals surface area contributed by atoms with Crippen molar-refractivity contribution in [2.24, 2.45) is 0 Å². The molecule has 1 aliphatic rings. The fraction of sp³-hybridized carbons (Fsp3) is 0.278. The quantitative estimate of drug-likeness (QED) is 0.856. The van der Waals surface area contributed by atoms with Crippen LogP contribution in [0.2, 0.25) is 5.02 Å². The maximum Gasteiger partial charge on any atom is 0.264 e. The zero-order valence-electron chi connectivity index (χ0n) is 12.6. The van der Waals surface area contributed by atoms with Crippen molar-refractivity contribution in [2.75, 3.05) is 13.2 Å². The average Bonchev–Trinajstić information content (AvgIpc) is 2.59. The van der Waals surface area contributed by atoms with Gasteiger partial charge in [-0.05, 0) is 36.6 Å². The van der Waals surface area contributed by atoms with Crippen LogP contribution in [0.3, 0.4) is 0 Å². The molecular formula is C18H18ClNO3. The predicted molar refractivity (Wildman–Crippen MR) is 89.1 cm³/mol. The zero-order valence-corrected chi connectivity index (χ0v) is 13.4. The standard InChI is InChI=1S/C18H18ClNO3/c19-14-8-2-1-6-13(14)7-5-11-20-18(21)17-12-22-15-9-3-4-10-16(15)23-17/h1-4,6,8-10,17H,5,7,11-12H2,(H,20,21)/t17-/m1/s1. The van der Waals surface area contributed by atoms with Crippen molar-refractivity contribution in [3.05, 3.63) is 59.1 Å². The van der Waals surface area contributed by atoms with E-state index in [1.807, 2.05) is 42.5 Å². The van der Waals surface area contributed by atoms with Crippen molar-refractivity contribution >= 4 is 17.5 Å². The van der Waals surface area contributed by atoms with E-state index in [2.05, 4.69) is 5.32 Å². The molecule has 0 fully saturated rings. The molecule has 0 bridgehead atoms. The molecule has 4 nitrogen and oxygen atoms in total. The number of halogens is 1. The molecule has 120 valence electrons. The average molecular weight is 332 g/mol. The van der Waals surface area contributed by atoms with Gasteiger partial charge >= 0.3 is 0 Å². The summed E-state index contributed by atoms with van der Waals surface area (Å²) in [5, 5.41) is 3.65. The largest absolute Gasteiger partial charge is 0.485 e. The van der Waals surface area contributed by atoms with Crippen molar-refractivity contribution in [2.45, 2.75) is 18.9 Å². The number of hydrogen-bond acceptors (Lipinski definition) is 3. The lowest BCUT2D eigenvalue weighted by molar-refractivity contribution is -0.130. The van der Waals surface area contributed by atoms with E-state index in [0.29, 0.717) is 18.0 Å². The van der Waals surface area contributed by atoms with Gasteiger partial charge in [-0.25, -0.2) is 0 Å². The summed E-state index contributed by atoms with van der Waals surface area (Å²) in [6.07, 6.45) is 1.04. The first-order valence-electron chi connectivity index (χ1n) is 7.63. The van der Waals surface area contributed by atoms with Crippen LogP contribution >= 0.6 is 11.6 Å². The molecule has 3 rings (SSSR count). The van der Waals surface area contributed by atoms with Crippen LogP contribution in [0.25, 0.3) is 0 Å². The second-order valence-corrected chi connectivity index (χ2v) is 5.76. The molecule has 0 unspecified atom stereocenters. The van der Waals surface area contributed by atoms with Crippen LogP contribution in [0, 0.1) is 0 Å². The molecular weight excluding hydrogens is 314 g/mol. The number of para-hydroxylation sites is 2. The highest BCUT2D eigenvalue weighted by atomic mass is 35.5. The maximum absolute atomic E-state index is 12.1. The van der Waals surface area contributed by atoms with E-state index in [4.69, 9.17) is 21.1 Å². The molecule has 0 saturated heterocycles. The van der Waals surface area contributed by atoms with Gasteiger partial charge in [-0.3, -0.25) is 4.79 Å². The maximum atomic E-state index is 12.1. The third kappa shape index (κ3) is 3.96. The molecule has 2 aromatic rings. The van der Waals surface area contributed by atoms with E-state index in [1.54, 1.807) is 6.07 Å². The molecule has 1 N–H and O–H groups in total. The summed E-state index contributed by atoms with van der Waals surface area (Å²) in [5.41, 5.74) is 1.09. The molecule has 0 aromatic heterocycles. The van der Waals surface area contributed by atoms with Gasteiger partial charge in [0, 0.05) is 11.6 Å². The summed E-state index contributed by atoms with van der Waals surface area (Å²) in [7, 11) is 0. The van der Waals surface area contributed by atoms with Crippen LogP contribution in [0.4, 0.5) is 0 Å². The van der Waals surface area contributed by atoms with E-state index in [-0.39, 0.29) is 12.5 Å². The van der Waals surface area contributed by atoms with Gasteiger partial charge in [0.05, 0.1) is 0 Å². The van der Waals surface area contributed by atoms with Gasteiger partial charge in [0.25, 0.3) is 5.91 Å². The Morgan fingerprint density at radius 1 is 1.13 bits per heavy atom. The molecule has 0 spiro atoms. The lowest BCUT2D eigenvalue weighted by Crippen LogP contribution is -2.44. The molecule has 23 heavy (non-hydrogen) atoms. The van der Waals surface area contributed by atoms with Crippen LogP contribution in [-0.4, -0.2) is 25.2 Å². The minimum Gasteiger partial charge on any atom is -0.485 e. The number of fused-ring (bicyclic) bond motifs is 1. The lowest BCUT2D eigenvalue weighted by atomic mass is 10.1. The Balaban J connectivity index is 1.45. The first kappa shape index (κ1) is 15.7. The second-order valence-electron chi connectivity index (χ2n) is 5.35. The normalized spacial score (nSPS) is 16.0. The topological polar surface area (TPSA) is 47.6 Å². The van der Waals surface area contributed by atoms with Gasteiger partial charge in [0.15, 0.2) is 11.5 Å². The molecule has 5 heteroatoms. The molecule has 1 aliphatic heterocycles. The van der Waals surface area contributed by atoms with Crippen molar-refractivity contribution in [1.29, 1.82) is 0 Å². The number of carbonyl (C=O) groups excluding carboxylic acids is 1. The van der Waals surface area contributed by atoms with Crippen molar-refractivity contribution in [1.82, 2.24) is 5.32 Å². The van der Waals surface area contributed by atoms with Crippen LogP contribution < -0.4 is 14.8 Å². The fourth-order valence-corrected chi connectivity index (χ4v) is 2.68. The minimum absolute atomic E-state index is 0.154. The molecule has 1 heterocycles. The van der Waals surface area contributed by atoms with Gasteiger partial charge in [0.2, 0.25) is 6.10 Å². The van der Waals surface area contributed by atoms with Gasteiger partial charge in [-0.2, -0.15) is 0 Å².